The Morgan fingerprint density at radius 1 is 1.26 bits per heavy atom. The molecule has 0 bridgehead atoms. The van der Waals surface area contributed by atoms with Crippen molar-refractivity contribution >= 4 is 34.9 Å². The van der Waals surface area contributed by atoms with Crippen molar-refractivity contribution in [3.05, 3.63) is 52.8 Å². The zero-order valence-corrected chi connectivity index (χ0v) is 11.3. The molecule has 3 nitrogen and oxygen atoms in total. The summed E-state index contributed by atoms with van der Waals surface area (Å²) < 4.78 is 5.61. The van der Waals surface area contributed by atoms with Crippen LogP contribution in [0.25, 0.3) is 17.4 Å². The van der Waals surface area contributed by atoms with E-state index in [-0.39, 0.29) is 10.6 Å². The lowest BCUT2D eigenvalue weighted by Crippen LogP contribution is -2.09. The van der Waals surface area contributed by atoms with Crippen molar-refractivity contribution in [1.29, 1.82) is 5.26 Å². The first kappa shape index (κ1) is 13.3. The van der Waals surface area contributed by atoms with Crippen LogP contribution in [0.15, 0.2) is 46.4 Å². The largest absolute Gasteiger partial charge is 0.457 e. The van der Waals surface area contributed by atoms with E-state index in [2.05, 4.69) is 0 Å². The summed E-state index contributed by atoms with van der Waals surface area (Å²) in [7, 11) is 0. The lowest BCUT2D eigenvalue weighted by molar-refractivity contribution is 0.571. The van der Waals surface area contributed by atoms with Crippen molar-refractivity contribution in [1.82, 2.24) is 0 Å². The van der Waals surface area contributed by atoms with E-state index in [0.717, 1.165) is 5.56 Å². The van der Waals surface area contributed by atoms with E-state index in [0.29, 0.717) is 16.5 Å². The molecule has 0 fully saturated rings. The number of nitrogens with zero attached hydrogens (tertiary/aromatic N) is 1. The van der Waals surface area contributed by atoms with E-state index >= 15 is 0 Å². The molecule has 1 aromatic heterocycles. The number of nitriles is 1. The minimum atomic E-state index is 0.0481. The molecular formula is C14H9ClN2OS. The smallest absolute Gasteiger partial charge is 0.134 e. The fourth-order valence-corrected chi connectivity index (χ4v) is 1.73. The molecule has 0 saturated carbocycles. The van der Waals surface area contributed by atoms with Gasteiger partial charge in [-0.25, -0.2) is 0 Å². The standard InChI is InChI=1S/C14H9ClN2OS/c15-11-3-1-9(2-4-11)13-6-5-12(18-13)7-10(8-16)14(17)19/h1-7H,(H2,17,19). The molecule has 0 saturated heterocycles. The molecule has 94 valence electrons. The highest BCUT2D eigenvalue weighted by molar-refractivity contribution is 7.80. The fourth-order valence-electron chi connectivity index (χ4n) is 1.50. The van der Waals surface area contributed by atoms with Crippen molar-refractivity contribution in [2.24, 2.45) is 5.73 Å². The predicted octanol–water partition coefficient (Wildman–Crippen LogP) is 3.79. The average Bonchev–Trinajstić information content (AvgIpc) is 2.85. The predicted molar refractivity (Wildman–Crippen MR) is 79.5 cm³/mol. The molecule has 0 radical (unpaired) electrons. The normalized spacial score (nSPS) is 11.1. The van der Waals surface area contributed by atoms with Crippen molar-refractivity contribution in [2.75, 3.05) is 0 Å². The summed E-state index contributed by atoms with van der Waals surface area (Å²) in [6.45, 7) is 0. The molecule has 2 rings (SSSR count). The number of furan rings is 1. The van der Waals surface area contributed by atoms with Gasteiger partial charge in [-0.2, -0.15) is 5.26 Å². The Hall–Kier alpha value is -2.09. The zero-order chi connectivity index (χ0) is 13.8. The Morgan fingerprint density at radius 3 is 2.53 bits per heavy atom. The Kier molecular flexibility index (Phi) is 4.00. The first-order chi connectivity index (χ1) is 9.10. The Balaban J connectivity index is 2.32. The van der Waals surface area contributed by atoms with Crippen molar-refractivity contribution in [3.63, 3.8) is 0 Å². The van der Waals surface area contributed by atoms with Gasteiger partial charge in [-0.05, 0) is 36.4 Å². The SMILES string of the molecule is N#CC(=Cc1ccc(-c2ccc(Cl)cc2)o1)C(N)=S. The van der Waals surface area contributed by atoms with E-state index < -0.39 is 0 Å². The van der Waals surface area contributed by atoms with Crippen LogP contribution in [0, 0.1) is 11.3 Å². The lowest BCUT2D eigenvalue weighted by atomic mass is 10.2. The third kappa shape index (κ3) is 3.22. The third-order valence-corrected chi connectivity index (χ3v) is 2.90. The highest BCUT2D eigenvalue weighted by Gasteiger charge is 2.05. The van der Waals surface area contributed by atoms with E-state index in [1.54, 1.807) is 18.2 Å². The van der Waals surface area contributed by atoms with Crippen LogP contribution in [0.4, 0.5) is 0 Å². The molecule has 0 amide bonds. The molecule has 0 atom stereocenters. The highest BCUT2D eigenvalue weighted by atomic mass is 35.5. The van der Waals surface area contributed by atoms with Gasteiger partial charge >= 0.3 is 0 Å². The van der Waals surface area contributed by atoms with Gasteiger partial charge in [0.2, 0.25) is 0 Å². The van der Waals surface area contributed by atoms with Gasteiger partial charge in [0.25, 0.3) is 0 Å². The van der Waals surface area contributed by atoms with Gasteiger partial charge in [0.15, 0.2) is 0 Å². The van der Waals surface area contributed by atoms with Gasteiger partial charge in [0, 0.05) is 16.7 Å². The summed E-state index contributed by atoms with van der Waals surface area (Å²) in [5.74, 6) is 1.21. The first-order valence-corrected chi connectivity index (χ1v) is 6.16. The minimum absolute atomic E-state index is 0.0481. The third-order valence-electron chi connectivity index (χ3n) is 2.43. The Bertz CT molecular complexity index is 680. The monoisotopic (exact) mass is 288 g/mol. The topological polar surface area (TPSA) is 63.0 Å². The molecule has 0 unspecified atom stereocenters. The van der Waals surface area contributed by atoms with E-state index in [1.807, 2.05) is 24.3 Å². The average molecular weight is 289 g/mol. The van der Waals surface area contributed by atoms with E-state index in [9.17, 15) is 0 Å². The number of benzene rings is 1. The molecular weight excluding hydrogens is 280 g/mol. The summed E-state index contributed by atoms with van der Waals surface area (Å²) in [4.78, 5) is 0.0481. The van der Waals surface area contributed by atoms with Gasteiger partial charge in [-0.1, -0.05) is 23.8 Å². The maximum Gasteiger partial charge on any atom is 0.134 e. The van der Waals surface area contributed by atoms with Crippen LogP contribution >= 0.6 is 23.8 Å². The molecule has 2 N–H and O–H groups in total. The number of thiocarbonyl (C=S) groups is 1. The number of rotatable bonds is 3. The second-order valence-electron chi connectivity index (χ2n) is 3.74. The number of hydrogen-bond acceptors (Lipinski definition) is 3. The summed E-state index contributed by atoms with van der Waals surface area (Å²) >= 11 is 10.6. The zero-order valence-electron chi connectivity index (χ0n) is 9.76. The first-order valence-electron chi connectivity index (χ1n) is 5.37. The number of hydrogen-bond donors (Lipinski definition) is 1. The molecule has 1 heterocycles. The summed E-state index contributed by atoms with van der Waals surface area (Å²) in [5.41, 5.74) is 6.53. The van der Waals surface area contributed by atoms with Crippen LogP contribution in [0.2, 0.25) is 5.02 Å². The minimum Gasteiger partial charge on any atom is -0.457 e. The lowest BCUT2D eigenvalue weighted by Gasteiger charge is -1.97. The molecule has 1 aromatic carbocycles. The second kappa shape index (κ2) is 5.70. The van der Waals surface area contributed by atoms with Crippen LogP contribution in [0.1, 0.15) is 5.76 Å². The van der Waals surface area contributed by atoms with E-state index in [1.165, 1.54) is 6.08 Å². The van der Waals surface area contributed by atoms with Crippen molar-refractivity contribution in [3.8, 4) is 17.4 Å². The van der Waals surface area contributed by atoms with Crippen molar-refractivity contribution < 1.29 is 4.42 Å². The second-order valence-corrected chi connectivity index (χ2v) is 4.62. The van der Waals surface area contributed by atoms with Gasteiger partial charge in [0.1, 0.15) is 22.6 Å². The van der Waals surface area contributed by atoms with Crippen molar-refractivity contribution in [2.45, 2.75) is 0 Å². The molecule has 0 aliphatic carbocycles. The van der Waals surface area contributed by atoms with Crippen LogP contribution in [0.5, 0.6) is 0 Å². The number of halogens is 1. The maximum atomic E-state index is 8.87. The van der Waals surface area contributed by atoms with Crippen LogP contribution in [0.3, 0.4) is 0 Å². The quantitative estimate of drug-likeness (QED) is 0.530. The summed E-state index contributed by atoms with van der Waals surface area (Å²) in [6, 6.07) is 12.8. The highest BCUT2D eigenvalue weighted by Crippen LogP contribution is 2.24. The molecule has 19 heavy (non-hydrogen) atoms. The Labute approximate surface area is 120 Å². The van der Waals surface area contributed by atoms with Gasteiger partial charge in [0.05, 0.1) is 5.57 Å². The van der Waals surface area contributed by atoms with Crippen LogP contribution in [-0.4, -0.2) is 4.99 Å². The van der Waals surface area contributed by atoms with Crippen LogP contribution in [-0.2, 0) is 0 Å². The van der Waals surface area contributed by atoms with Gasteiger partial charge in [-0.15, -0.1) is 0 Å². The van der Waals surface area contributed by atoms with Gasteiger partial charge in [-0.3, -0.25) is 0 Å². The maximum absolute atomic E-state index is 8.87. The molecule has 0 aliphatic rings. The molecule has 2 aromatic rings. The summed E-state index contributed by atoms with van der Waals surface area (Å²) in [5, 5.41) is 9.53. The van der Waals surface area contributed by atoms with Crippen LogP contribution < -0.4 is 5.73 Å². The molecule has 5 heteroatoms. The fraction of sp³-hybridized carbons (Fsp3) is 0. The van der Waals surface area contributed by atoms with Gasteiger partial charge < -0.3 is 10.2 Å². The number of nitrogens with two attached hydrogens (primary N) is 1. The molecule has 0 aliphatic heterocycles. The Morgan fingerprint density at radius 2 is 1.95 bits per heavy atom. The molecule has 0 spiro atoms. The summed E-state index contributed by atoms with van der Waals surface area (Å²) in [6.07, 6.45) is 1.52. The van der Waals surface area contributed by atoms with E-state index in [4.69, 9.17) is 39.2 Å².